The molecule has 0 aromatic heterocycles. The summed E-state index contributed by atoms with van der Waals surface area (Å²) >= 11 is 5.10. The summed E-state index contributed by atoms with van der Waals surface area (Å²) in [5.74, 6) is 0.279. The van der Waals surface area contributed by atoms with Crippen molar-refractivity contribution in [1.29, 1.82) is 0 Å². The third kappa shape index (κ3) is 5.00. The molecule has 1 aliphatic heterocycles. The second-order valence-corrected chi connectivity index (χ2v) is 8.06. The van der Waals surface area contributed by atoms with Gasteiger partial charge in [-0.1, -0.05) is 22.9 Å². The Morgan fingerprint density at radius 2 is 2.00 bits per heavy atom. The summed E-state index contributed by atoms with van der Waals surface area (Å²) in [6.07, 6.45) is 3.16. The zero-order chi connectivity index (χ0) is 15.9. The van der Waals surface area contributed by atoms with Gasteiger partial charge in [0, 0.05) is 22.0 Å². The summed E-state index contributed by atoms with van der Waals surface area (Å²) in [6, 6.07) is 8.58. The maximum Gasteiger partial charge on any atom is 0.236 e. The molecule has 1 unspecified atom stereocenters. The third-order valence-electron chi connectivity index (χ3n) is 3.97. The third-order valence-corrected chi connectivity index (χ3v) is 5.60. The van der Waals surface area contributed by atoms with Gasteiger partial charge in [0.25, 0.3) is 0 Å². The highest BCUT2D eigenvalue weighted by molar-refractivity contribution is 9.10. The fourth-order valence-electron chi connectivity index (χ4n) is 2.83. The molecule has 5 heteroatoms. The summed E-state index contributed by atoms with van der Waals surface area (Å²) in [7, 11) is 0. The van der Waals surface area contributed by atoms with Crippen molar-refractivity contribution in [2.75, 3.05) is 19.6 Å². The molecule has 1 N–H and O–H groups in total. The molecule has 0 aliphatic carbocycles. The number of rotatable bonds is 6. The zero-order valence-corrected chi connectivity index (χ0v) is 15.8. The average Bonchev–Trinajstić information content (AvgIpc) is 2.55. The van der Waals surface area contributed by atoms with Crippen LogP contribution < -0.4 is 5.32 Å². The summed E-state index contributed by atoms with van der Waals surface area (Å²) in [6.45, 7) is 7.08. The first-order valence-electron chi connectivity index (χ1n) is 8.05. The Bertz CT molecular complexity index is 474. The fraction of sp³-hybridized carbons (Fsp3) is 0.588. The lowest BCUT2D eigenvalue weighted by Gasteiger charge is -2.36. The van der Waals surface area contributed by atoms with Crippen molar-refractivity contribution in [3.05, 3.63) is 28.7 Å². The van der Waals surface area contributed by atoms with Crippen LogP contribution in [-0.4, -0.2) is 41.7 Å². The van der Waals surface area contributed by atoms with Gasteiger partial charge in [-0.15, -0.1) is 11.8 Å². The Morgan fingerprint density at radius 3 is 2.59 bits per heavy atom. The minimum Gasteiger partial charge on any atom is -0.339 e. The molecule has 1 fully saturated rings. The van der Waals surface area contributed by atoms with Gasteiger partial charge in [-0.3, -0.25) is 4.79 Å². The summed E-state index contributed by atoms with van der Waals surface area (Å²) in [4.78, 5) is 16.1. The molecule has 1 saturated heterocycles. The van der Waals surface area contributed by atoms with Gasteiger partial charge in [-0.25, -0.2) is 0 Å². The minimum atomic E-state index is -0.0392. The lowest BCUT2D eigenvalue weighted by molar-refractivity contribution is -0.133. The highest BCUT2D eigenvalue weighted by atomic mass is 79.9. The monoisotopic (exact) mass is 384 g/mol. The van der Waals surface area contributed by atoms with E-state index in [1.54, 1.807) is 11.8 Å². The number of carbonyl (C=O) groups is 1. The van der Waals surface area contributed by atoms with Crippen LogP contribution in [0.5, 0.6) is 0 Å². The van der Waals surface area contributed by atoms with E-state index in [1.165, 1.54) is 0 Å². The fourth-order valence-corrected chi connectivity index (χ4v) is 4.04. The van der Waals surface area contributed by atoms with E-state index in [2.05, 4.69) is 45.2 Å². The van der Waals surface area contributed by atoms with Crippen LogP contribution >= 0.6 is 27.7 Å². The van der Waals surface area contributed by atoms with Gasteiger partial charge < -0.3 is 10.2 Å². The van der Waals surface area contributed by atoms with E-state index < -0.39 is 0 Å². The normalized spacial score (nSPS) is 17.2. The number of thioether (sulfide) groups is 1. The molecule has 1 aromatic carbocycles. The van der Waals surface area contributed by atoms with E-state index in [0.29, 0.717) is 6.04 Å². The first kappa shape index (κ1) is 17.8. The summed E-state index contributed by atoms with van der Waals surface area (Å²) in [5, 5.41) is 3.34. The number of benzene rings is 1. The van der Waals surface area contributed by atoms with E-state index >= 15 is 0 Å². The molecule has 3 nitrogen and oxygen atoms in total. The number of nitrogens with one attached hydrogen (secondary N) is 1. The molecule has 22 heavy (non-hydrogen) atoms. The standard InChI is InChI=1S/C17H25BrN2OS/c1-3-12-20(15-8-10-19-11-9-15)17(21)13(2)22-16-6-4-14(18)5-7-16/h4-7,13,15,19H,3,8-12H2,1-2H3. The molecule has 2 rings (SSSR count). The number of nitrogens with zero attached hydrogens (tertiary/aromatic N) is 1. The predicted molar refractivity (Wildman–Crippen MR) is 97.4 cm³/mol. The Labute approximate surface area is 146 Å². The highest BCUT2D eigenvalue weighted by Crippen LogP contribution is 2.27. The average molecular weight is 385 g/mol. The highest BCUT2D eigenvalue weighted by Gasteiger charge is 2.28. The molecule has 122 valence electrons. The number of hydrogen-bond donors (Lipinski definition) is 1. The molecule has 1 atom stereocenters. The van der Waals surface area contributed by atoms with Crippen LogP contribution in [-0.2, 0) is 4.79 Å². The van der Waals surface area contributed by atoms with Gasteiger partial charge in [-0.2, -0.15) is 0 Å². The second kappa shape index (κ2) is 8.94. The van der Waals surface area contributed by atoms with Gasteiger partial charge in [0.1, 0.15) is 0 Å². The quantitative estimate of drug-likeness (QED) is 0.754. The van der Waals surface area contributed by atoms with Gasteiger partial charge in [0.2, 0.25) is 5.91 Å². The molecule has 0 spiro atoms. The minimum absolute atomic E-state index is 0.0392. The van der Waals surface area contributed by atoms with Crippen LogP contribution in [0.15, 0.2) is 33.6 Å². The summed E-state index contributed by atoms with van der Waals surface area (Å²) in [5.41, 5.74) is 0. The smallest absolute Gasteiger partial charge is 0.236 e. The predicted octanol–water partition coefficient (Wildman–Crippen LogP) is 3.92. The number of amides is 1. The Balaban J connectivity index is 2.00. The number of carbonyl (C=O) groups excluding carboxylic acids is 1. The van der Waals surface area contributed by atoms with Crippen molar-refractivity contribution in [2.45, 2.75) is 49.3 Å². The van der Waals surface area contributed by atoms with Crippen molar-refractivity contribution >= 4 is 33.6 Å². The van der Waals surface area contributed by atoms with Crippen LogP contribution in [0.2, 0.25) is 0 Å². The maximum atomic E-state index is 12.9. The number of piperidine rings is 1. The zero-order valence-electron chi connectivity index (χ0n) is 13.3. The Morgan fingerprint density at radius 1 is 1.36 bits per heavy atom. The SMILES string of the molecule is CCCN(C(=O)C(C)Sc1ccc(Br)cc1)C1CCNCC1. The van der Waals surface area contributed by atoms with Crippen molar-refractivity contribution < 1.29 is 4.79 Å². The van der Waals surface area contributed by atoms with Crippen LogP contribution in [0, 0.1) is 0 Å². The van der Waals surface area contributed by atoms with Gasteiger partial charge in [-0.05, 0) is 63.5 Å². The number of hydrogen-bond acceptors (Lipinski definition) is 3. The molecule has 1 aliphatic rings. The van der Waals surface area contributed by atoms with Crippen LogP contribution in [0.25, 0.3) is 0 Å². The largest absolute Gasteiger partial charge is 0.339 e. The summed E-state index contributed by atoms with van der Waals surface area (Å²) < 4.78 is 1.07. The molecular weight excluding hydrogens is 360 g/mol. The lowest BCUT2D eigenvalue weighted by Crippen LogP contribution is -2.48. The van der Waals surface area contributed by atoms with Crippen molar-refractivity contribution in [3.63, 3.8) is 0 Å². The lowest BCUT2D eigenvalue weighted by atomic mass is 10.0. The Hall–Kier alpha value is -0.520. The van der Waals surface area contributed by atoms with E-state index in [0.717, 1.165) is 48.3 Å². The van der Waals surface area contributed by atoms with Crippen molar-refractivity contribution in [3.8, 4) is 0 Å². The second-order valence-electron chi connectivity index (χ2n) is 5.73. The van der Waals surface area contributed by atoms with Gasteiger partial charge in [0.05, 0.1) is 5.25 Å². The van der Waals surface area contributed by atoms with E-state index in [9.17, 15) is 4.79 Å². The van der Waals surface area contributed by atoms with Crippen LogP contribution in [0.3, 0.4) is 0 Å². The molecule has 1 aromatic rings. The molecule has 1 heterocycles. The Kier molecular flexibility index (Phi) is 7.25. The molecular formula is C17H25BrN2OS. The van der Waals surface area contributed by atoms with Crippen molar-refractivity contribution in [2.24, 2.45) is 0 Å². The first-order chi connectivity index (χ1) is 10.6. The van der Waals surface area contributed by atoms with Crippen LogP contribution in [0.1, 0.15) is 33.1 Å². The van der Waals surface area contributed by atoms with E-state index in [4.69, 9.17) is 0 Å². The topological polar surface area (TPSA) is 32.3 Å². The number of halogens is 1. The van der Waals surface area contributed by atoms with E-state index in [1.807, 2.05) is 19.1 Å². The molecule has 1 amide bonds. The first-order valence-corrected chi connectivity index (χ1v) is 9.72. The van der Waals surface area contributed by atoms with E-state index in [-0.39, 0.29) is 11.2 Å². The van der Waals surface area contributed by atoms with Crippen LogP contribution in [0.4, 0.5) is 0 Å². The molecule has 0 radical (unpaired) electrons. The molecule has 0 saturated carbocycles. The maximum absolute atomic E-state index is 12.9. The van der Waals surface area contributed by atoms with Gasteiger partial charge in [0.15, 0.2) is 0 Å². The van der Waals surface area contributed by atoms with Gasteiger partial charge >= 0.3 is 0 Å². The van der Waals surface area contributed by atoms with Crippen molar-refractivity contribution in [1.82, 2.24) is 10.2 Å². The molecule has 0 bridgehead atoms.